The predicted octanol–water partition coefficient (Wildman–Crippen LogP) is 2.65. The Morgan fingerprint density at radius 1 is 1.29 bits per heavy atom. The maximum Gasteiger partial charge on any atom is 0.242 e. The van der Waals surface area contributed by atoms with E-state index in [9.17, 15) is 4.79 Å². The quantitative estimate of drug-likeness (QED) is 0.923. The second-order valence-corrected chi connectivity index (χ2v) is 5.37. The van der Waals surface area contributed by atoms with E-state index in [1.54, 1.807) is 12.4 Å². The van der Waals surface area contributed by atoms with E-state index in [-0.39, 0.29) is 11.9 Å². The van der Waals surface area contributed by atoms with Crippen LogP contribution in [0.2, 0.25) is 5.02 Å². The molecular weight excluding hydrogens is 286 g/mol. The van der Waals surface area contributed by atoms with Gasteiger partial charge in [-0.1, -0.05) is 35.9 Å². The number of carbonyl (C=O) groups excluding carboxylic acids is 1. The van der Waals surface area contributed by atoms with Crippen molar-refractivity contribution in [1.82, 2.24) is 15.2 Å². The summed E-state index contributed by atoms with van der Waals surface area (Å²) in [5.41, 5.74) is 1.76. The van der Waals surface area contributed by atoms with Gasteiger partial charge in [-0.2, -0.15) is 0 Å². The van der Waals surface area contributed by atoms with Gasteiger partial charge in [0.25, 0.3) is 0 Å². The smallest absolute Gasteiger partial charge is 0.242 e. The lowest BCUT2D eigenvalue weighted by Crippen LogP contribution is -2.36. The zero-order chi connectivity index (χ0) is 15.2. The highest BCUT2D eigenvalue weighted by molar-refractivity contribution is 6.31. The minimum atomic E-state index is -0.374. The normalized spacial score (nSPS) is 12.2. The number of nitrogens with one attached hydrogen (secondary N) is 1. The SMILES string of the molecule is CN(C)C(C(=O)NCc1ccccc1Cl)c1cccnc1. The van der Waals surface area contributed by atoms with Crippen molar-refractivity contribution >= 4 is 17.5 Å². The first-order chi connectivity index (χ1) is 10.1. The molecule has 110 valence electrons. The molecule has 0 bridgehead atoms. The molecule has 4 nitrogen and oxygen atoms in total. The summed E-state index contributed by atoms with van der Waals surface area (Å²) in [4.78, 5) is 18.4. The van der Waals surface area contributed by atoms with Gasteiger partial charge in [-0.15, -0.1) is 0 Å². The second-order valence-electron chi connectivity index (χ2n) is 4.96. The van der Waals surface area contributed by atoms with Crippen molar-refractivity contribution in [3.8, 4) is 0 Å². The highest BCUT2D eigenvalue weighted by atomic mass is 35.5. The number of carbonyl (C=O) groups is 1. The van der Waals surface area contributed by atoms with E-state index >= 15 is 0 Å². The number of hydrogen-bond acceptors (Lipinski definition) is 3. The highest BCUT2D eigenvalue weighted by Crippen LogP contribution is 2.18. The third-order valence-corrected chi connectivity index (χ3v) is 3.54. The number of rotatable bonds is 5. The van der Waals surface area contributed by atoms with Crippen LogP contribution in [-0.2, 0) is 11.3 Å². The lowest BCUT2D eigenvalue weighted by molar-refractivity contribution is -0.125. The molecule has 1 atom stereocenters. The number of amides is 1. The largest absolute Gasteiger partial charge is 0.350 e. The monoisotopic (exact) mass is 303 g/mol. The maximum atomic E-state index is 12.4. The molecule has 2 aromatic rings. The minimum absolute atomic E-state index is 0.0760. The summed E-state index contributed by atoms with van der Waals surface area (Å²) in [5.74, 6) is -0.0760. The molecule has 0 saturated heterocycles. The summed E-state index contributed by atoms with van der Waals surface area (Å²) in [6, 6.07) is 10.8. The summed E-state index contributed by atoms with van der Waals surface area (Å²) in [6.07, 6.45) is 3.40. The van der Waals surface area contributed by atoms with E-state index in [4.69, 9.17) is 11.6 Å². The van der Waals surface area contributed by atoms with Crippen LogP contribution in [0.4, 0.5) is 0 Å². The van der Waals surface area contributed by atoms with E-state index in [0.717, 1.165) is 11.1 Å². The topological polar surface area (TPSA) is 45.2 Å². The van der Waals surface area contributed by atoms with E-state index in [0.29, 0.717) is 11.6 Å². The number of halogens is 1. The molecule has 0 fully saturated rings. The molecule has 5 heteroatoms. The average Bonchev–Trinajstić information content (AvgIpc) is 2.47. The van der Waals surface area contributed by atoms with Gasteiger partial charge in [-0.25, -0.2) is 0 Å². The van der Waals surface area contributed by atoms with Gasteiger partial charge in [0.1, 0.15) is 6.04 Å². The number of aromatic nitrogens is 1. The Balaban J connectivity index is 2.08. The Labute approximate surface area is 129 Å². The predicted molar refractivity (Wildman–Crippen MR) is 84.0 cm³/mol. The second kappa shape index (κ2) is 7.20. The molecule has 1 heterocycles. The van der Waals surface area contributed by atoms with Crippen LogP contribution in [0.25, 0.3) is 0 Å². The van der Waals surface area contributed by atoms with Crippen LogP contribution in [0, 0.1) is 0 Å². The van der Waals surface area contributed by atoms with Crippen molar-refractivity contribution < 1.29 is 4.79 Å². The summed E-state index contributed by atoms with van der Waals surface area (Å²) in [5, 5.41) is 3.58. The van der Waals surface area contributed by atoms with Gasteiger partial charge >= 0.3 is 0 Å². The van der Waals surface area contributed by atoms with Crippen LogP contribution in [0.3, 0.4) is 0 Å². The molecule has 2 rings (SSSR count). The molecule has 0 radical (unpaired) electrons. The summed E-state index contributed by atoms with van der Waals surface area (Å²) in [7, 11) is 3.74. The van der Waals surface area contributed by atoms with Gasteiger partial charge in [0.05, 0.1) is 0 Å². The Hall–Kier alpha value is -1.91. The fourth-order valence-electron chi connectivity index (χ4n) is 2.14. The van der Waals surface area contributed by atoms with Gasteiger partial charge in [-0.3, -0.25) is 14.7 Å². The first-order valence-electron chi connectivity index (χ1n) is 6.67. The van der Waals surface area contributed by atoms with E-state index < -0.39 is 0 Å². The molecule has 1 aromatic carbocycles. The van der Waals surface area contributed by atoms with Gasteiger partial charge < -0.3 is 5.32 Å². The zero-order valence-electron chi connectivity index (χ0n) is 12.1. The molecule has 21 heavy (non-hydrogen) atoms. The number of likely N-dealkylation sites (N-methyl/N-ethyl adjacent to an activating group) is 1. The zero-order valence-corrected chi connectivity index (χ0v) is 12.8. The lowest BCUT2D eigenvalue weighted by Gasteiger charge is -2.23. The number of benzene rings is 1. The molecule has 0 spiro atoms. The van der Waals surface area contributed by atoms with Crippen molar-refractivity contribution in [3.63, 3.8) is 0 Å². The summed E-state index contributed by atoms with van der Waals surface area (Å²) in [6.45, 7) is 0.406. The van der Waals surface area contributed by atoms with Gasteiger partial charge in [0, 0.05) is 24.0 Å². The minimum Gasteiger partial charge on any atom is -0.350 e. The van der Waals surface area contributed by atoms with Gasteiger partial charge in [-0.05, 0) is 37.4 Å². The molecule has 1 N–H and O–H groups in total. The highest BCUT2D eigenvalue weighted by Gasteiger charge is 2.22. The number of pyridine rings is 1. The standard InChI is InChI=1S/C16H18ClN3O/c1-20(2)15(13-7-5-9-18-10-13)16(21)19-11-12-6-3-4-8-14(12)17/h3-10,15H,11H2,1-2H3,(H,19,21). The van der Waals surface area contributed by atoms with Crippen LogP contribution in [0.5, 0.6) is 0 Å². The molecule has 1 aromatic heterocycles. The average molecular weight is 304 g/mol. The molecular formula is C16H18ClN3O. The molecule has 1 unspecified atom stereocenters. The van der Waals surface area contributed by atoms with Crippen LogP contribution in [0.1, 0.15) is 17.2 Å². The maximum absolute atomic E-state index is 12.4. The van der Waals surface area contributed by atoms with Crippen molar-refractivity contribution in [1.29, 1.82) is 0 Å². The van der Waals surface area contributed by atoms with E-state index in [1.807, 2.05) is 55.4 Å². The van der Waals surface area contributed by atoms with Crippen molar-refractivity contribution in [2.45, 2.75) is 12.6 Å². The third-order valence-electron chi connectivity index (χ3n) is 3.18. The Bertz CT molecular complexity index is 601. The van der Waals surface area contributed by atoms with E-state index in [2.05, 4.69) is 10.3 Å². The van der Waals surface area contributed by atoms with Crippen LogP contribution >= 0.6 is 11.6 Å². The van der Waals surface area contributed by atoms with E-state index in [1.165, 1.54) is 0 Å². The number of nitrogens with zero attached hydrogens (tertiary/aromatic N) is 2. The Morgan fingerprint density at radius 3 is 2.67 bits per heavy atom. The molecule has 0 aliphatic carbocycles. The Morgan fingerprint density at radius 2 is 2.05 bits per heavy atom. The van der Waals surface area contributed by atoms with Crippen LogP contribution in [-0.4, -0.2) is 29.9 Å². The van der Waals surface area contributed by atoms with Crippen molar-refractivity contribution in [2.24, 2.45) is 0 Å². The fourth-order valence-corrected chi connectivity index (χ4v) is 2.35. The van der Waals surface area contributed by atoms with Gasteiger partial charge in [0.2, 0.25) is 5.91 Å². The lowest BCUT2D eigenvalue weighted by atomic mass is 10.1. The van der Waals surface area contributed by atoms with Crippen LogP contribution < -0.4 is 5.32 Å². The summed E-state index contributed by atoms with van der Waals surface area (Å²) >= 11 is 6.10. The molecule has 0 aliphatic rings. The molecule has 0 aliphatic heterocycles. The van der Waals surface area contributed by atoms with Crippen molar-refractivity contribution in [2.75, 3.05) is 14.1 Å². The summed E-state index contributed by atoms with van der Waals surface area (Å²) < 4.78 is 0. The van der Waals surface area contributed by atoms with Gasteiger partial charge in [0.15, 0.2) is 0 Å². The first-order valence-corrected chi connectivity index (χ1v) is 7.05. The third kappa shape index (κ3) is 4.03. The Kier molecular flexibility index (Phi) is 5.31. The number of hydrogen-bond donors (Lipinski definition) is 1. The fraction of sp³-hybridized carbons (Fsp3) is 0.250. The first kappa shape index (κ1) is 15.5. The van der Waals surface area contributed by atoms with Crippen molar-refractivity contribution in [3.05, 3.63) is 64.9 Å². The molecule has 1 amide bonds. The van der Waals surface area contributed by atoms with Crippen LogP contribution in [0.15, 0.2) is 48.8 Å². The molecule has 0 saturated carbocycles.